The van der Waals surface area contributed by atoms with Gasteiger partial charge in [-0.1, -0.05) is 6.07 Å². The molecular formula is C10H9F4NO5S. The van der Waals surface area contributed by atoms with E-state index in [0.29, 0.717) is 12.1 Å². The standard InChI is InChI=1S/C10H9F4NO5S/c11-6-2-1-3-7(20-10(12,13)14)9(6)21(18,19)15-5-4-8(16)17/h1-3,15H,4-5H2,(H,16,17). The lowest BCUT2D eigenvalue weighted by Crippen LogP contribution is -2.28. The van der Waals surface area contributed by atoms with Gasteiger partial charge in [-0.2, -0.15) is 0 Å². The van der Waals surface area contributed by atoms with Crippen LogP contribution in [0.1, 0.15) is 6.42 Å². The number of carboxylic acids is 1. The van der Waals surface area contributed by atoms with Crippen molar-refractivity contribution in [2.24, 2.45) is 0 Å². The number of rotatable bonds is 6. The molecule has 0 fully saturated rings. The SMILES string of the molecule is O=C(O)CCNS(=O)(=O)c1c(F)cccc1OC(F)(F)F. The average Bonchev–Trinajstić information content (AvgIpc) is 2.25. The van der Waals surface area contributed by atoms with E-state index in [9.17, 15) is 30.8 Å². The van der Waals surface area contributed by atoms with E-state index in [1.165, 1.54) is 0 Å². The van der Waals surface area contributed by atoms with Gasteiger partial charge in [0.15, 0.2) is 10.6 Å². The van der Waals surface area contributed by atoms with Gasteiger partial charge >= 0.3 is 12.3 Å². The first-order valence-electron chi connectivity index (χ1n) is 5.28. The Morgan fingerprint density at radius 1 is 1.33 bits per heavy atom. The van der Waals surface area contributed by atoms with Gasteiger partial charge in [-0.25, -0.2) is 17.5 Å². The summed E-state index contributed by atoms with van der Waals surface area (Å²) in [4.78, 5) is 8.92. The van der Waals surface area contributed by atoms with E-state index >= 15 is 0 Å². The van der Waals surface area contributed by atoms with Crippen LogP contribution >= 0.6 is 0 Å². The third-order valence-electron chi connectivity index (χ3n) is 2.06. The van der Waals surface area contributed by atoms with Crippen LogP contribution in [0.25, 0.3) is 0 Å². The minimum Gasteiger partial charge on any atom is -0.481 e. The quantitative estimate of drug-likeness (QED) is 0.770. The fraction of sp³-hybridized carbons (Fsp3) is 0.300. The van der Waals surface area contributed by atoms with E-state index in [1.54, 1.807) is 4.72 Å². The number of carboxylic acid groups (broad SMARTS) is 1. The summed E-state index contributed by atoms with van der Waals surface area (Å²) in [5.74, 6) is -4.04. The highest BCUT2D eigenvalue weighted by atomic mass is 32.2. The first kappa shape index (κ1) is 17.2. The molecule has 0 aliphatic rings. The van der Waals surface area contributed by atoms with Crippen molar-refractivity contribution in [3.63, 3.8) is 0 Å². The Labute approximate surface area is 116 Å². The lowest BCUT2D eigenvalue weighted by Gasteiger charge is -2.14. The first-order chi connectivity index (χ1) is 9.53. The molecule has 0 radical (unpaired) electrons. The van der Waals surface area contributed by atoms with Crippen molar-refractivity contribution in [2.75, 3.05) is 6.54 Å². The number of sulfonamides is 1. The van der Waals surface area contributed by atoms with Crippen LogP contribution in [0.15, 0.2) is 23.1 Å². The molecule has 0 heterocycles. The van der Waals surface area contributed by atoms with Crippen LogP contribution in [0, 0.1) is 5.82 Å². The van der Waals surface area contributed by atoms with Crippen molar-refractivity contribution in [3.8, 4) is 5.75 Å². The zero-order valence-electron chi connectivity index (χ0n) is 10.1. The van der Waals surface area contributed by atoms with Gasteiger partial charge in [-0.15, -0.1) is 13.2 Å². The highest BCUT2D eigenvalue weighted by Crippen LogP contribution is 2.31. The molecule has 0 saturated carbocycles. The smallest absolute Gasteiger partial charge is 0.481 e. The molecule has 0 amide bonds. The number of benzene rings is 1. The van der Waals surface area contributed by atoms with Crippen LogP contribution in [0.2, 0.25) is 0 Å². The minimum atomic E-state index is -5.21. The molecule has 0 aliphatic heterocycles. The molecule has 0 unspecified atom stereocenters. The van der Waals surface area contributed by atoms with Crippen LogP contribution in [0.4, 0.5) is 17.6 Å². The van der Waals surface area contributed by atoms with E-state index in [1.807, 2.05) is 0 Å². The van der Waals surface area contributed by atoms with Crippen molar-refractivity contribution in [1.29, 1.82) is 0 Å². The van der Waals surface area contributed by atoms with Crippen LogP contribution in [-0.4, -0.2) is 32.4 Å². The van der Waals surface area contributed by atoms with Crippen molar-refractivity contribution >= 4 is 16.0 Å². The maximum absolute atomic E-state index is 13.5. The monoisotopic (exact) mass is 331 g/mol. The summed E-state index contributed by atoms with van der Waals surface area (Å²) in [6, 6.07) is 2.10. The number of ether oxygens (including phenoxy) is 1. The van der Waals surface area contributed by atoms with Gasteiger partial charge in [-0.05, 0) is 12.1 Å². The molecule has 11 heteroatoms. The second-order valence-electron chi connectivity index (χ2n) is 3.66. The molecule has 118 valence electrons. The van der Waals surface area contributed by atoms with E-state index in [2.05, 4.69) is 4.74 Å². The van der Waals surface area contributed by atoms with Crippen LogP contribution < -0.4 is 9.46 Å². The van der Waals surface area contributed by atoms with E-state index in [-0.39, 0.29) is 0 Å². The Hall–Kier alpha value is -1.88. The number of carbonyl (C=O) groups is 1. The predicted octanol–water partition coefficient (Wildman–Crippen LogP) is 1.48. The molecule has 6 nitrogen and oxygen atoms in total. The summed E-state index contributed by atoms with van der Waals surface area (Å²) in [5.41, 5.74) is 0. The lowest BCUT2D eigenvalue weighted by atomic mass is 10.3. The molecule has 1 aromatic carbocycles. The van der Waals surface area contributed by atoms with E-state index in [0.717, 1.165) is 6.07 Å². The predicted molar refractivity (Wildman–Crippen MR) is 60.5 cm³/mol. The van der Waals surface area contributed by atoms with Crippen LogP contribution in [0.3, 0.4) is 0 Å². The number of nitrogens with one attached hydrogen (secondary N) is 1. The Kier molecular flexibility index (Phi) is 5.12. The van der Waals surface area contributed by atoms with Gasteiger partial charge in [0.1, 0.15) is 5.82 Å². The zero-order valence-corrected chi connectivity index (χ0v) is 11.0. The zero-order chi connectivity index (χ0) is 16.3. The summed E-state index contributed by atoms with van der Waals surface area (Å²) in [5, 5.41) is 8.36. The Morgan fingerprint density at radius 3 is 2.48 bits per heavy atom. The summed E-state index contributed by atoms with van der Waals surface area (Å²) >= 11 is 0. The maximum Gasteiger partial charge on any atom is 0.573 e. The number of hydrogen-bond acceptors (Lipinski definition) is 4. The summed E-state index contributed by atoms with van der Waals surface area (Å²) in [6.07, 6.45) is -5.83. The maximum atomic E-state index is 13.5. The highest BCUT2D eigenvalue weighted by molar-refractivity contribution is 7.89. The molecule has 21 heavy (non-hydrogen) atoms. The number of halogens is 4. The second kappa shape index (κ2) is 6.26. The van der Waals surface area contributed by atoms with Gasteiger partial charge < -0.3 is 9.84 Å². The second-order valence-corrected chi connectivity index (χ2v) is 5.36. The molecule has 0 aromatic heterocycles. The number of alkyl halides is 3. The van der Waals surface area contributed by atoms with E-state index in [4.69, 9.17) is 5.11 Å². The molecular weight excluding hydrogens is 322 g/mol. The Bertz CT molecular complexity index is 629. The molecule has 0 saturated heterocycles. The topological polar surface area (TPSA) is 92.7 Å². The van der Waals surface area contributed by atoms with Crippen molar-refractivity contribution in [1.82, 2.24) is 4.72 Å². The molecule has 1 rings (SSSR count). The van der Waals surface area contributed by atoms with Crippen molar-refractivity contribution in [2.45, 2.75) is 17.7 Å². The third kappa shape index (κ3) is 5.19. The van der Waals surface area contributed by atoms with Gasteiger partial charge in [0.05, 0.1) is 6.42 Å². The highest BCUT2D eigenvalue weighted by Gasteiger charge is 2.35. The average molecular weight is 331 g/mol. The third-order valence-corrected chi connectivity index (χ3v) is 3.57. The lowest BCUT2D eigenvalue weighted by molar-refractivity contribution is -0.275. The molecule has 0 spiro atoms. The van der Waals surface area contributed by atoms with E-state index < -0.39 is 51.8 Å². The fourth-order valence-corrected chi connectivity index (χ4v) is 2.53. The Morgan fingerprint density at radius 2 is 1.95 bits per heavy atom. The fourth-order valence-electron chi connectivity index (χ4n) is 1.32. The first-order valence-corrected chi connectivity index (χ1v) is 6.77. The molecule has 0 bridgehead atoms. The Balaban J connectivity index is 3.12. The summed E-state index contributed by atoms with van der Waals surface area (Å²) in [6.45, 7) is -0.614. The van der Waals surface area contributed by atoms with Crippen LogP contribution in [-0.2, 0) is 14.8 Å². The summed E-state index contributed by atoms with van der Waals surface area (Å²) in [7, 11) is -4.70. The minimum absolute atomic E-state index is 0.614. The van der Waals surface area contributed by atoms with Gasteiger partial charge in [0, 0.05) is 6.54 Å². The van der Waals surface area contributed by atoms with Gasteiger partial charge in [-0.3, -0.25) is 4.79 Å². The molecule has 0 atom stereocenters. The van der Waals surface area contributed by atoms with Crippen LogP contribution in [0.5, 0.6) is 5.75 Å². The molecule has 1 aromatic rings. The summed E-state index contributed by atoms with van der Waals surface area (Å²) < 4.78 is 78.6. The number of aliphatic carboxylic acids is 1. The van der Waals surface area contributed by atoms with Gasteiger partial charge in [0.25, 0.3) is 0 Å². The normalized spacial score (nSPS) is 12.2. The van der Waals surface area contributed by atoms with Crippen molar-refractivity contribution < 1.29 is 40.6 Å². The largest absolute Gasteiger partial charge is 0.573 e. The van der Waals surface area contributed by atoms with Crippen molar-refractivity contribution in [3.05, 3.63) is 24.0 Å². The van der Waals surface area contributed by atoms with Gasteiger partial charge in [0.2, 0.25) is 10.0 Å². The number of hydrogen-bond donors (Lipinski definition) is 2. The molecule has 0 aliphatic carbocycles. The molecule has 2 N–H and O–H groups in total.